The molecule has 0 aromatic heterocycles. The molecule has 0 spiro atoms. The maximum atomic E-state index is 15.7. The lowest BCUT2D eigenvalue weighted by Gasteiger charge is -2.32. The van der Waals surface area contributed by atoms with E-state index in [1.165, 1.54) is 38.2 Å². The normalized spacial score (nSPS) is 23.5. The van der Waals surface area contributed by atoms with E-state index >= 15 is 38.4 Å². The van der Waals surface area contributed by atoms with Gasteiger partial charge in [-0.3, -0.25) is 96.0 Å². The van der Waals surface area contributed by atoms with Crippen molar-refractivity contribution in [2.45, 2.75) is 254 Å². The van der Waals surface area contributed by atoms with Crippen LogP contribution in [0.1, 0.15) is 159 Å². The molecule has 15 atom stereocenters. The zero-order valence-electron chi connectivity index (χ0n) is 85.7. The Labute approximate surface area is 875 Å². The first-order valence-corrected chi connectivity index (χ1v) is 51.6. The molecule has 5 aromatic carbocycles. The summed E-state index contributed by atoms with van der Waals surface area (Å²) >= 11 is 0.696. The van der Waals surface area contributed by atoms with E-state index in [4.69, 9.17) is 38.1 Å². The van der Waals surface area contributed by atoms with Crippen molar-refractivity contribution >= 4 is 130 Å². The number of carbonyl (C=O) groups excluding carboxylic acids is 18. The lowest BCUT2D eigenvalue weighted by atomic mass is 9.84. The zero-order chi connectivity index (χ0) is 110. The van der Waals surface area contributed by atoms with Gasteiger partial charge in [-0.25, -0.2) is 4.79 Å². The van der Waals surface area contributed by atoms with Gasteiger partial charge in [0.1, 0.15) is 96.4 Å². The molecule has 2 heterocycles. The number of nitrogens with one attached hydrogen (secondary N) is 14. The molecule has 3 fully saturated rings. The monoisotopic (exact) mass is 2100 g/mol. The summed E-state index contributed by atoms with van der Waals surface area (Å²) in [5.74, 6) is -23.8. The van der Waals surface area contributed by atoms with Crippen LogP contribution in [0.3, 0.4) is 0 Å². The number of carbonyl (C=O) groups is 20. The average Bonchev–Trinajstić information content (AvgIpc) is 0.832. The standard InChI is InChI=1S/C104H145N21O24S/c1-59(2)48-76-95(138)113-74(41-43-106)94(137)118-79(50-64-21-13-9-14-22-64)100(143)123-89(60(3)4)103(146)114-73(36-38-84(107)126)93(136)122-83(102(145)111-71(40-42-105)90(109)133)57-150-58-86(128)110-82(55-125-44-46-148-47-45-125)101(144)120-78(52-66-28-33-70(34-29-66)149-56-88(131)132)98(141)121-81(54-87(129)130)99(142)119-80(53-67-23-17-18-61(5)49-67)96(139)112-72(35-30-63-19-11-8-12-20-63)92(135)117-77(51-65-26-31-69(32-27-65)68-24-15-10-16-25-68)97(140)115-75(37-39-85(108)127)104(147)124(7)62(6)91(134)116-76/h8,10-12,15-20,23-29,31-34,49,59-60,62,64,71-83,89H,9,13-14,21-22,30,35-48,50-58,105-106H2,1-7H3,(H2,107,126)(H2,108,127)(H2,109,133)(H,110,128)(H,111,145)(H,112,139)(H,113,138)(H,114,146)(H,115,140)(H,116,134)(H,117,135)(H,118,137)(H,119,142)(H,120,144)(H,121,141)(H,122,136)(H,123,143)(H,129,130)(H,131,132)/t62-,71?,72-,73?,74-,75?,76+,77-,78-,79?,80?,81-,82?,83-,89?/m0/s1. The molecule has 8 rings (SSSR count). The largest absolute Gasteiger partial charge is 0.482 e. The number of carboxylic acid groups (broad SMARTS) is 2. The summed E-state index contributed by atoms with van der Waals surface area (Å²) in [6, 6.07) is 12.3. The number of rotatable bonds is 35. The SMILES string of the molecule is Cc1cccc(CC2NC(=O)[C@H](CC(=O)O)NC(=O)[C@H](Cc3ccc(OCC(=O)O)cc3)NC(=O)C(CN3CCOCC3)NC(=O)CSC[C@@H](C(=O)NC(CCN)C(N)=O)NC(=O)C(CCC(N)=O)NC(=O)C(C(C)C)NC(=O)C(CC3CCCCC3)NC(=O)[C@H](CCN)NC(=O)[C@@H](CC(C)C)NC(=O)[C@H](C)N(C)C(=O)C(CCC(N)=O)NC(=O)[C@H](Cc3ccc(-c4ccccc4)cc3)NC(=O)[C@H](CCc3ccccc3)NC2=O)c1. The summed E-state index contributed by atoms with van der Waals surface area (Å²) in [4.78, 5) is 293. The Morgan fingerprint density at radius 1 is 0.480 bits per heavy atom. The molecule has 150 heavy (non-hydrogen) atoms. The summed E-state index contributed by atoms with van der Waals surface area (Å²) in [7, 11) is 1.22. The number of aryl methyl sites for hydroxylation is 2. The van der Waals surface area contributed by atoms with E-state index in [-0.39, 0.29) is 120 Å². The molecule has 5 aromatic rings. The topological polar surface area (TPSA) is 705 Å². The number of ether oxygens (including phenoxy) is 2. The Balaban J connectivity index is 1.25. The molecule has 2 aliphatic heterocycles. The van der Waals surface area contributed by atoms with E-state index in [1.54, 1.807) is 118 Å². The smallest absolute Gasteiger partial charge is 0.341 e. The Hall–Kier alpha value is -14.5. The number of benzene rings is 5. The molecule has 0 bridgehead atoms. The van der Waals surface area contributed by atoms with E-state index in [9.17, 15) is 67.7 Å². The fourth-order valence-electron chi connectivity index (χ4n) is 17.4. The van der Waals surface area contributed by atoms with Gasteiger partial charge in [0.2, 0.25) is 106 Å². The van der Waals surface area contributed by atoms with Gasteiger partial charge in [-0.2, -0.15) is 0 Å². The Kier molecular flexibility index (Phi) is 49.4. The quantitative estimate of drug-likeness (QED) is 0.0216. The Morgan fingerprint density at radius 3 is 1.50 bits per heavy atom. The molecule has 45 nitrogen and oxygen atoms in total. The molecule has 26 N–H and O–H groups in total. The lowest BCUT2D eigenvalue weighted by Crippen LogP contribution is -2.62. The highest BCUT2D eigenvalue weighted by atomic mass is 32.2. The third-order valence-electron chi connectivity index (χ3n) is 25.8. The first-order valence-electron chi connectivity index (χ1n) is 50.5. The van der Waals surface area contributed by atoms with Gasteiger partial charge in [0.15, 0.2) is 6.61 Å². The number of thioether (sulfide) groups is 1. The van der Waals surface area contributed by atoms with Gasteiger partial charge in [0.25, 0.3) is 0 Å². The van der Waals surface area contributed by atoms with Crippen molar-refractivity contribution in [1.82, 2.24) is 84.2 Å². The van der Waals surface area contributed by atoms with Crippen molar-refractivity contribution in [3.8, 4) is 16.9 Å². The van der Waals surface area contributed by atoms with Crippen molar-refractivity contribution < 1.29 is 116 Å². The van der Waals surface area contributed by atoms with E-state index in [1.807, 2.05) is 30.3 Å². The van der Waals surface area contributed by atoms with Crippen LogP contribution in [-0.2, 0) is 126 Å². The number of nitrogens with two attached hydrogens (primary N) is 5. The predicted octanol–water partition coefficient (Wildman–Crippen LogP) is -1.64. The van der Waals surface area contributed by atoms with Gasteiger partial charge in [-0.1, -0.05) is 187 Å². The van der Waals surface area contributed by atoms with Gasteiger partial charge in [0.05, 0.1) is 25.4 Å². The van der Waals surface area contributed by atoms with Crippen LogP contribution in [0.25, 0.3) is 11.1 Å². The predicted molar refractivity (Wildman–Crippen MR) is 553 cm³/mol. The second kappa shape index (κ2) is 61.4. The number of amides is 18. The Morgan fingerprint density at radius 2 is 0.953 bits per heavy atom. The molecule has 1 aliphatic carbocycles. The van der Waals surface area contributed by atoms with Gasteiger partial charge >= 0.3 is 11.9 Å². The van der Waals surface area contributed by atoms with Gasteiger partial charge in [-0.15, -0.1) is 11.8 Å². The minimum atomic E-state index is -2.13. The summed E-state index contributed by atoms with van der Waals surface area (Å²) in [5, 5.41) is 57.2. The number of carboxylic acids is 2. The van der Waals surface area contributed by atoms with Crippen LogP contribution in [-0.4, -0.2) is 300 Å². The van der Waals surface area contributed by atoms with Crippen molar-refractivity contribution in [1.29, 1.82) is 0 Å². The van der Waals surface area contributed by atoms with Gasteiger partial charge < -0.3 is 128 Å². The average molecular weight is 2110 g/mol. The van der Waals surface area contributed by atoms with Crippen molar-refractivity contribution in [3.05, 3.63) is 161 Å². The number of primary amides is 3. The van der Waals surface area contributed by atoms with Crippen molar-refractivity contribution in [2.75, 3.05) is 71.1 Å². The van der Waals surface area contributed by atoms with Crippen LogP contribution in [0.15, 0.2) is 133 Å². The van der Waals surface area contributed by atoms with Crippen LogP contribution in [0, 0.1) is 24.7 Å². The van der Waals surface area contributed by atoms with Crippen molar-refractivity contribution in [3.63, 3.8) is 0 Å². The Bertz CT molecular complexity index is 5450. The number of hydrogen-bond acceptors (Lipinski definition) is 26. The van der Waals surface area contributed by atoms with Crippen LogP contribution < -0.4 is 108 Å². The van der Waals surface area contributed by atoms with Gasteiger partial charge in [-0.05, 0) is 142 Å². The lowest BCUT2D eigenvalue weighted by molar-refractivity contribution is -0.143. The number of hydrogen-bond donors (Lipinski definition) is 21. The van der Waals surface area contributed by atoms with E-state index in [0.717, 1.165) is 35.3 Å². The fraction of sp³-hybridized carbons (Fsp3) is 0.519. The number of aliphatic carboxylic acids is 2. The maximum Gasteiger partial charge on any atom is 0.341 e. The second-order valence-corrected chi connectivity index (χ2v) is 39.7. The highest BCUT2D eigenvalue weighted by molar-refractivity contribution is 8.00. The number of likely N-dealkylation sites (N-methyl/N-ethyl adjacent to an activating group) is 1. The zero-order valence-corrected chi connectivity index (χ0v) is 86.5. The number of morpholine rings is 1. The molecular weight excluding hydrogens is 1960 g/mol. The summed E-state index contributed by atoms with van der Waals surface area (Å²) in [6.07, 6.45) is -1.52. The minimum absolute atomic E-state index is 0.0150. The minimum Gasteiger partial charge on any atom is -0.482 e. The summed E-state index contributed by atoms with van der Waals surface area (Å²) in [6.45, 7) is 8.91. The fourth-order valence-corrected chi connectivity index (χ4v) is 18.3. The molecule has 3 aliphatic rings. The third-order valence-corrected chi connectivity index (χ3v) is 26.9. The molecule has 2 saturated heterocycles. The molecule has 816 valence electrons. The molecule has 0 radical (unpaired) electrons. The van der Waals surface area contributed by atoms with E-state index < -0.39 is 271 Å². The molecule has 18 amide bonds. The van der Waals surface area contributed by atoms with E-state index in [2.05, 4.69) is 74.4 Å². The molecule has 46 heteroatoms. The van der Waals surface area contributed by atoms with Gasteiger partial charge in [0, 0.05) is 64.5 Å². The highest BCUT2D eigenvalue weighted by Crippen LogP contribution is 2.29. The number of nitrogens with zero attached hydrogens (tertiary/aromatic N) is 2. The molecule has 1 saturated carbocycles. The van der Waals surface area contributed by atoms with Crippen LogP contribution >= 0.6 is 11.8 Å². The second-order valence-electron chi connectivity index (χ2n) is 38.7. The highest BCUT2D eigenvalue weighted by Gasteiger charge is 2.42. The van der Waals surface area contributed by atoms with Crippen LogP contribution in [0.5, 0.6) is 5.75 Å². The van der Waals surface area contributed by atoms with Crippen molar-refractivity contribution in [2.24, 2.45) is 46.4 Å². The molecular formula is C104H145N21O24S. The third kappa shape index (κ3) is 40.9. The summed E-state index contributed by atoms with van der Waals surface area (Å²) in [5.41, 5.74) is 33.1. The van der Waals surface area contributed by atoms with Crippen LogP contribution in [0.4, 0.5) is 0 Å². The van der Waals surface area contributed by atoms with E-state index in [0.29, 0.717) is 46.9 Å². The first kappa shape index (κ1) is 121. The summed E-state index contributed by atoms with van der Waals surface area (Å²) < 4.78 is 11.0. The molecule has 7 unspecified atom stereocenters. The first-order chi connectivity index (χ1) is 71.4. The van der Waals surface area contributed by atoms with Crippen LogP contribution in [0.2, 0.25) is 0 Å². The maximum absolute atomic E-state index is 15.7.